The molecule has 0 aliphatic heterocycles. The smallest absolute Gasteiger partial charge is 0.131 e. The van der Waals surface area contributed by atoms with Gasteiger partial charge in [0.25, 0.3) is 0 Å². The summed E-state index contributed by atoms with van der Waals surface area (Å²) in [5.74, 6) is 1.52. The molecule has 3 heteroatoms. The number of hydrogen-bond donors (Lipinski definition) is 0. The standard InChI is InChI=1S/C16H25NO2/c1-11(2)13-7-8-14(16(10-13)19-6)15(17(4)5)9-12(3)18/h7-8,10-11,15H,9H2,1-6H3. The second-order valence-corrected chi connectivity index (χ2v) is 5.54. The molecule has 1 atom stereocenters. The van der Waals surface area contributed by atoms with Crippen molar-refractivity contribution in [1.82, 2.24) is 4.90 Å². The fourth-order valence-corrected chi connectivity index (χ4v) is 2.21. The highest BCUT2D eigenvalue weighted by Crippen LogP contribution is 2.33. The Hall–Kier alpha value is -1.35. The number of hydrogen-bond acceptors (Lipinski definition) is 3. The zero-order valence-corrected chi connectivity index (χ0v) is 12.9. The van der Waals surface area contributed by atoms with Crippen molar-refractivity contribution in [2.24, 2.45) is 0 Å². The molecule has 0 amide bonds. The van der Waals surface area contributed by atoms with Gasteiger partial charge in [-0.15, -0.1) is 0 Å². The van der Waals surface area contributed by atoms with Gasteiger partial charge in [-0.3, -0.25) is 4.79 Å². The Bertz CT molecular complexity index is 438. The first kappa shape index (κ1) is 15.7. The van der Waals surface area contributed by atoms with Crippen LogP contribution < -0.4 is 4.74 Å². The fourth-order valence-electron chi connectivity index (χ4n) is 2.21. The van der Waals surface area contributed by atoms with Gasteiger partial charge in [-0.25, -0.2) is 0 Å². The summed E-state index contributed by atoms with van der Waals surface area (Å²) in [6.45, 7) is 5.95. The largest absolute Gasteiger partial charge is 0.496 e. The molecule has 0 aliphatic carbocycles. The summed E-state index contributed by atoms with van der Waals surface area (Å²) in [7, 11) is 5.66. The Morgan fingerprint density at radius 1 is 1.32 bits per heavy atom. The van der Waals surface area contributed by atoms with Gasteiger partial charge >= 0.3 is 0 Å². The van der Waals surface area contributed by atoms with Crippen molar-refractivity contribution in [3.63, 3.8) is 0 Å². The van der Waals surface area contributed by atoms with E-state index >= 15 is 0 Å². The summed E-state index contributed by atoms with van der Waals surface area (Å²) >= 11 is 0. The first-order chi connectivity index (χ1) is 8.86. The lowest BCUT2D eigenvalue weighted by Crippen LogP contribution is -2.22. The normalized spacial score (nSPS) is 12.8. The summed E-state index contributed by atoms with van der Waals surface area (Å²) < 4.78 is 5.51. The van der Waals surface area contributed by atoms with Crippen LogP contribution in [0.5, 0.6) is 5.75 Å². The van der Waals surface area contributed by atoms with E-state index in [-0.39, 0.29) is 11.8 Å². The van der Waals surface area contributed by atoms with Crippen molar-refractivity contribution in [2.75, 3.05) is 21.2 Å². The molecule has 0 spiro atoms. The molecule has 1 unspecified atom stereocenters. The van der Waals surface area contributed by atoms with Crippen LogP contribution in [-0.4, -0.2) is 31.9 Å². The van der Waals surface area contributed by atoms with Gasteiger partial charge in [0.15, 0.2) is 0 Å². The molecule has 0 radical (unpaired) electrons. The second kappa shape index (κ2) is 6.71. The minimum absolute atomic E-state index is 0.0636. The van der Waals surface area contributed by atoms with E-state index in [2.05, 4.69) is 36.9 Å². The zero-order chi connectivity index (χ0) is 14.6. The number of rotatable bonds is 6. The van der Waals surface area contributed by atoms with Crippen molar-refractivity contribution in [1.29, 1.82) is 0 Å². The quantitative estimate of drug-likeness (QED) is 0.788. The lowest BCUT2D eigenvalue weighted by Gasteiger charge is -2.26. The summed E-state index contributed by atoms with van der Waals surface area (Å²) in [5, 5.41) is 0. The maximum absolute atomic E-state index is 11.4. The van der Waals surface area contributed by atoms with Crippen LogP contribution in [0.4, 0.5) is 0 Å². The van der Waals surface area contributed by atoms with Gasteiger partial charge in [0.05, 0.1) is 7.11 Å². The molecule has 0 aromatic heterocycles. The van der Waals surface area contributed by atoms with Gasteiger partial charge in [0.2, 0.25) is 0 Å². The minimum atomic E-state index is 0.0636. The summed E-state index contributed by atoms with van der Waals surface area (Å²) in [6.07, 6.45) is 0.504. The Morgan fingerprint density at radius 3 is 2.37 bits per heavy atom. The third kappa shape index (κ3) is 4.06. The van der Waals surface area contributed by atoms with Crippen molar-refractivity contribution in [3.05, 3.63) is 29.3 Å². The van der Waals surface area contributed by atoms with Gasteiger partial charge < -0.3 is 9.64 Å². The van der Waals surface area contributed by atoms with E-state index in [1.807, 2.05) is 14.1 Å². The molecule has 0 aliphatic rings. The maximum Gasteiger partial charge on any atom is 0.131 e. The Labute approximate surface area is 116 Å². The predicted molar refractivity (Wildman–Crippen MR) is 78.8 cm³/mol. The molecule has 3 nitrogen and oxygen atoms in total. The van der Waals surface area contributed by atoms with Crippen LogP contribution in [0.3, 0.4) is 0 Å². The number of Topliss-reactive ketones (excluding diaryl/α,β-unsaturated/α-hetero) is 1. The molecular formula is C16H25NO2. The highest BCUT2D eigenvalue weighted by atomic mass is 16.5. The van der Waals surface area contributed by atoms with Crippen molar-refractivity contribution in [2.45, 2.75) is 39.2 Å². The molecular weight excluding hydrogens is 238 g/mol. The van der Waals surface area contributed by atoms with Crippen LogP contribution in [0, 0.1) is 0 Å². The van der Waals surface area contributed by atoms with E-state index < -0.39 is 0 Å². The van der Waals surface area contributed by atoms with E-state index in [1.54, 1.807) is 14.0 Å². The molecule has 1 aromatic carbocycles. The molecule has 0 bridgehead atoms. The number of benzene rings is 1. The van der Waals surface area contributed by atoms with Crippen molar-refractivity contribution in [3.8, 4) is 5.75 Å². The van der Waals surface area contributed by atoms with Crippen LogP contribution in [0.15, 0.2) is 18.2 Å². The third-order valence-corrected chi connectivity index (χ3v) is 3.39. The van der Waals surface area contributed by atoms with Gasteiger partial charge in [-0.05, 0) is 38.6 Å². The van der Waals surface area contributed by atoms with E-state index in [0.29, 0.717) is 12.3 Å². The molecule has 0 heterocycles. The van der Waals surface area contributed by atoms with Crippen LogP contribution in [-0.2, 0) is 4.79 Å². The van der Waals surface area contributed by atoms with E-state index in [9.17, 15) is 4.79 Å². The Morgan fingerprint density at radius 2 is 1.95 bits per heavy atom. The molecule has 1 aromatic rings. The van der Waals surface area contributed by atoms with Crippen LogP contribution in [0.2, 0.25) is 0 Å². The maximum atomic E-state index is 11.4. The van der Waals surface area contributed by atoms with Crippen LogP contribution in [0.1, 0.15) is 50.3 Å². The molecule has 0 saturated heterocycles. The number of carbonyl (C=O) groups is 1. The fraction of sp³-hybridized carbons (Fsp3) is 0.562. The monoisotopic (exact) mass is 263 g/mol. The number of ketones is 1. The van der Waals surface area contributed by atoms with Crippen LogP contribution >= 0.6 is 0 Å². The first-order valence-electron chi connectivity index (χ1n) is 6.70. The second-order valence-electron chi connectivity index (χ2n) is 5.54. The number of ether oxygens (including phenoxy) is 1. The lowest BCUT2D eigenvalue weighted by molar-refractivity contribution is -0.118. The van der Waals surface area contributed by atoms with Gasteiger partial charge in [0, 0.05) is 18.0 Å². The van der Waals surface area contributed by atoms with E-state index in [0.717, 1.165) is 11.3 Å². The Balaban J connectivity index is 3.19. The van der Waals surface area contributed by atoms with E-state index in [1.165, 1.54) is 5.56 Å². The highest BCUT2D eigenvalue weighted by Gasteiger charge is 2.20. The molecule has 106 valence electrons. The zero-order valence-electron chi connectivity index (χ0n) is 12.9. The summed E-state index contributed by atoms with van der Waals surface area (Å²) in [6, 6.07) is 6.35. The first-order valence-corrected chi connectivity index (χ1v) is 6.70. The topological polar surface area (TPSA) is 29.5 Å². The van der Waals surface area contributed by atoms with Gasteiger partial charge in [-0.1, -0.05) is 26.0 Å². The van der Waals surface area contributed by atoms with Crippen molar-refractivity contribution >= 4 is 5.78 Å². The molecule has 19 heavy (non-hydrogen) atoms. The number of nitrogens with zero attached hydrogens (tertiary/aromatic N) is 1. The summed E-state index contributed by atoms with van der Waals surface area (Å²) in [5.41, 5.74) is 2.33. The molecule has 0 fully saturated rings. The number of carbonyl (C=O) groups excluding carboxylic acids is 1. The number of methoxy groups -OCH3 is 1. The van der Waals surface area contributed by atoms with Gasteiger partial charge in [0.1, 0.15) is 11.5 Å². The molecule has 0 saturated carbocycles. The average Bonchev–Trinajstić information content (AvgIpc) is 2.34. The molecule has 0 N–H and O–H groups in total. The third-order valence-electron chi connectivity index (χ3n) is 3.39. The summed E-state index contributed by atoms with van der Waals surface area (Å²) in [4.78, 5) is 13.5. The SMILES string of the molecule is COc1cc(C(C)C)ccc1C(CC(C)=O)N(C)C. The molecule has 1 rings (SSSR count). The van der Waals surface area contributed by atoms with E-state index in [4.69, 9.17) is 4.74 Å². The highest BCUT2D eigenvalue weighted by molar-refractivity contribution is 5.76. The minimum Gasteiger partial charge on any atom is -0.496 e. The van der Waals surface area contributed by atoms with Gasteiger partial charge in [-0.2, -0.15) is 0 Å². The average molecular weight is 263 g/mol. The predicted octanol–water partition coefficient (Wildman–Crippen LogP) is 3.40. The van der Waals surface area contributed by atoms with Crippen molar-refractivity contribution < 1.29 is 9.53 Å². The Kier molecular flexibility index (Phi) is 5.55. The lowest BCUT2D eigenvalue weighted by atomic mass is 9.95. The van der Waals surface area contributed by atoms with Crippen LogP contribution in [0.25, 0.3) is 0 Å².